The average molecular weight is 336 g/mol. The molecule has 1 aliphatic rings. The highest BCUT2D eigenvalue weighted by Gasteiger charge is 2.19. The highest BCUT2D eigenvalue weighted by atomic mass is 16.1. The van der Waals surface area contributed by atoms with E-state index in [-0.39, 0.29) is 5.78 Å². The van der Waals surface area contributed by atoms with Gasteiger partial charge in [0, 0.05) is 37.4 Å². The Hall–Kier alpha value is -2.13. The molecule has 1 heterocycles. The van der Waals surface area contributed by atoms with Crippen molar-refractivity contribution in [3.63, 3.8) is 0 Å². The van der Waals surface area contributed by atoms with Crippen molar-refractivity contribution in [3.8, 4) is 0 Å². The molecule has 0 atom stereocenters. The quantitative estimate of drug-likeness (QED) is 0.767. The Kier molecular flexibility index (Phi) is 5.54. The molecule has 0 amide bonds. The lowest BCUT2D eigenvalue weighted by molar-refractivity contribution is 0.0926. The van der Waals surface area contributed by atoms with Crippen LogP contribution in [0.5, 0.6) is 0 Å². The second-order valence-electron chi connectivity index (χ2n) is 7.30. The van der Waals surface area contributed by atoms with E-state index in [0.29, 0.717) is 12.5 Å². The molecule has 1 saturated heterocycles. The van der Waals surface area contributed by atoms with Crippen LogP contribution >= 0.6 is 0 Å². The maximum Gasteiger partial charge on any atom is 0.176 e. The molecule has 2 aromatic rings. The summed E-state index contributed by atoms with van der Waals surface area (Å²) in [5.74, 6) is 0.720. The van der Waals surface area contributed by atoms with E-state index >= 15 is 0 Å². The van der Waals surface area contributed by atoms with Crippen LogP contribution in [-0.2, 0) is 0 Å². The van der Waals surface area contributed by atoms with Gasteiger partial charge in [0.25, 0.3) is 0 Å². The smallest absolute Gasteiger partial charge is 0.176 e. The van der Waals surface area contributed by atoms with E-state index < -0.39 is 0 Å². The van der Waals surface area contributed by atoms with E-state index in [0.717, 1.165) is 31.7 Å². The van der Waals surface area contributed by atoms with Crippen molar-refractivity contribution < 1.29 is 4.79 Å². The fourth-order valence-electron chi connectivity index (χ4n) is 3.27. The molecule has 0 aliphatic carbocycles. The number of hydrogen-bond donors (Lipinski definition) is 0. The van der Waals surface area contributed by atoms with Crippen molar-refractivity contribution in [2.45, 2.75) is 26.7 Å². The van der Waals surface area contributed by atoms with Gasteiger partial charge in [-0.2, -0.15) is 0 Å². The van der Waals surface area contributed by atoms with E-state index in [1.807, 2.05) is 12.1 Å². The number of rotatable bonds is 5. The third kappa shape index (κ3) is 4.49. The molecule has 0 spiro atoms. The summed E-state index contributed by atoms with van der Waals surface area (Å²) in [4.78, 5) is 17.2. The fourth-order valence-corrected chi connectivity index (χ4v) is 3.27. The predicted octanol–water partition coefficient (Wildman–Crippen LogP) is 4.12. The highest BCUT2D eigenvalue weighted by Crippen LogP contribution is 2.18. The Labute approximate surface area is 151 Å². The number of ketones is 1. The largest absolute Gasteiger partial charge is 0.369 e. The number of nitrogens with zero attached hydrogens (tertiary/aromatic N) is 2. The van der Waals surface area contributed by atoms with Gasteiger partial charge in [-0.05, 0) is 30.5 Å². The summed E-state index contributed by atoms with van der Waals surface area (Å²) in [6.07, 6.45) is 0. The van der Waals surface area contributed by atoms with E-state index in [1.165, 1.54) is 16.8 Å². The SMILES string of the molecule is Cc1ccc(N2CCN(CC(=O)c3ccc(C(C)C)cc3)CC2)cc1. The van der Waals surface area contributed by atoms with Crippen molar-refractivity contribution in [3.05, 3.63) is 65.2 Å². The van der Waals surface area contributed by atoms with Gasteiger partial charge in [0.05, 0.1) is 6.54 Å². The number of anilines is 1. The zero-order valence-electron chi connectivity index (χ0n) is 15.5. The number of Topliss-reactive ketones (excluding diaryl/α,β-unsaturated/α-hetero) is 1. The van der Waals surface area contributed by atoms with Crippen LogP contribution in [-0.4, -0.2) is 43.4 Å². The Balaban J connectivity index is 1.53. The van der Waals surface area contributed by atoms with E-state index in [9.17, 15) is 4.79 Å². The molecule has 0 N–H and O–H groups in total. The Morgan fingerprint density at radius 2 is 1.52 bits per heavy atom. The molecule has 1 fully saturated rings. The molecule has 132 valence electrons. The first kappa shape index (κ1) is 17.7. The third-order valence-electron chi connectivity index (χ3n) is 5.04. The normalized spacial score (nSPS) is 15.6. The van der Waals surface area contributed by atoms with Gasteiger partial charge >= 0.3 is 0 Å². The first-order valence-electron chi connectivity index (χ1n) is 9.20. The molecule has 3 nitrogen and oxygen atoms in total. The molecule has 2 aromatic carbocycles. The summed E-state index contributed by atoms with van der Waals surface area (Å²) in [5.41, 5.74) is 4.67. The first-order valence-corrected chi connectivity index (χ1v) is 9.20. The van der Waals surface area contributed by atoms with Crippen molar-refractivity contribution in [2.75, 3.05) is 37.6 Å². The van der Waals surface area contributed by atoms with Crippen LogP contribution in [0.25, 0.3) is 0 Å². The van der Waals surface area contributed by atoms with Crippen LogP contribution in [0, 0.1) is 6.92 Å². The van der Waals surface area contributed by atoms with Gasteiger partial charge in [0.15, 0.2) is 5.78 Å². The maximum atomic E-state index is 12.5. The van der Waals surface area contributed by atoms with Crippen LogP contribution < -0.4 is 4.90 Å². The second kappa shape index (κ2) is 7.83. The Bertz CT molecular complexity index is 696. The summed E-state index contributed by atoms with van der Waals surface area (Å²) >= 11 is 0. The van der Waals surface area contributed by atoms with Gasteiger partial charge in [-0.3, -0.25) is 9.69 Å². The summed E-state index contributed by atoms with van der Waals surface area (Å²) in [7, 11) is 0. The Morgan fingerprint density at radius 3 is 2.08 bits per heavy atom. The Morgan fingerprint density at radius 1 is 0.920 bits per heavy atom. The lowest BCUT2D eigenvalue weighted by atomic mass is 10.0. The molecule has 3 rings (SSSR count). The molecule has 3 heteroatoms. The number of carbonyl (C=O) groups excluding carboxylic acids is 1. The standard InChI is InChI=1S/C22H28N2O/c1-17(2)19-6-8-20(9-7-19)22(25)16-23-12-14-24(15-13-23)21-10-4-18(3)5-11-21/h4-11,17H,12-16H2,1-3H3. The van der Waals surface area contributed by atoms with E-state index in [1.54, 1.807) is 0 Å². The third-order valence-corrected chi connectivity index (χ3v) is 5.04. The molecule has 0 radical (unpaired) electrons. The summed E-state index contributed by atoms with van der Waals surface area (Å²) in [5, 5.41) is 0. The number of aryl methyl sites for hydroxylation is 1. The van der Waals surface area contributed by atoms with Crippen LogP contribution in [0.15, 0.2) is 48.5 Å². The number of carbonyl (C=O) groups is 1. The van der Waals surface area contributed by atoms with Gasteiger partial charge in [0.1, 0.15) is 0 Å². The number of piperazine rings is 1. The molecule has 0 bridgehead atoms. The number of hydrogen-bond acceptors (Lipinski definition) is 3. The molecule has 0 unspecified atom stereocenters. The van der Waals surface area contributed by atoms with E-state index in [2.05, 4.69) is 67.0 Å². The predicted molar refractivity (Wildman–Crippen MR) is 105 cm³/mol. The molecule has 0 saturated carbocycles. The average Bonchev–Trinajstić information content (AvgIpc) is 2.63. The molecule has 1 aliphatic heterocycles. The van der Waals surface area contributed by atoms with Gasteiger partial charge in [0.2, 0.25) is 0 Å². The van der Waals surface area contributed by atoms with Crippen molar-refractivity contribution >= 4 is 11.5 Å². The molecular weight excluding hydrogens is 308 g/mol. The minimum atomic E-state index is 0.221. The van der Waals surface area contributed by atoms with Crippen molar-refractivity contribution in [2.24, 2.45) is 0 Å². The summed E-state index contributed by atoms with van der Waals surface area (Å²) in [6, 6.07) is 16.8. The zero-order chi connectivity index (χ0) is 17.8. The fraction of sp³-hybridized carbons (Fsp3) is 0.409. The van der Waals surface area contributed by atoms with Crippen LogP contribution in [0.1, 0.15) is 41.3 Å². The van der Waals surface area contributed by atoms with Crippen LogP contribution in [0.3, 0.4) is 0 Å². The van der Waals surface area contributed by atoms with Gasteiger partial charge < -0.3 is 4.90 Å². The van der Waals surface area contributed by atoms with Gasteiger partial charge in [-0.25, -0.2) is 0 Å². The van der Waals surface area contributed by atoms with Gasteiger partial charge in [-0.1, -0.05) is 55.8 Å². The lowest BCUT2D eigenvalue weighted by Crippen LogP contribution is -2.48. The lowest BCUT2D eigenvalue weighted by Gasteiger charge is -2.35. The minimum absolute atomic E-state index is 0.221. The van der Waals surface area contributed by atoms with Crippen LogP contribution in [0.2, 0.25) is 0 Å². The summed E-state index contributed by atoms with van der Waals surface area (Å²) < 4.78 is 0. The van der Waals surface area contributed by atoms with Crippen LogP contribution in [0.4, 0.5) is 5.69 Å². The zero-order valence-corrected chi connectivity index (χ0v) is 15.5. The van der Waals surface area contributed by atoms with Crippen molar-refractivity contribution in [1.29, 1.82) is 0 Å². The molecular formula is C22H28N2O. The maximum absolute atomic E-state index is 12.5. The van der Waals surface area contributed by atoms with Crippen molar-refractivity contribution in [1.82, 2.24) is 4.90 Å². The second-order valence-corrected chi connectivity index (χ2v) is 7.30. The minimum Gasteiger partial charge on any atom is -0.369 e. The monoisotopic (exact) mass is 336 g/mol. The number of benzene rings is 2. The van der Waals surface area contributed by atoms with E-state index in [4.69, 9.17) is 0 Å². The molecule has 0 aromatic heterocycles. The van der Waals surface area contributed by atoms with Gasteiger partial charge in [-0.15, -0.1) is 0 Å². The molecule has 25 heavy (non-hydrogen) atoms. The topological polar surface area (TPSA) is 23.6 Å². The summed E-state index contributed by atoms with van der Waals surface area (Å²) in [6.45, 7) is 10.8. The highest BCUT2D eigenvalue weighted by molar-refractivity contribution is 5.97. The first-order chi connectivity index (χ1) is 12.0.